The highest BCUT2D eigenvalue weighted by Crippen LogP contribution is 2.40. The first-order valence-corrected chi connectivity index (χ1v) is 13.7. The minimum atomic E-state index is -0.252. The molecule has 8 bridgehead atoms. The first kappa shape index (κ1) is 27.5. The van der Waals surface area contributed by atoms with Crippen molar-refractivity contribution in [1.29, 1.82) is 0 Å². The van der Waals surface area contributed by atoms with Crippen LogP contribution < -0.4 is 5.32 Å². The van der Waals surface area contributed by atoms with Crippen molar-refractivity contribution in [3.63, 3.8) is 0 Å². The summed E-state index contributed by atoms with van der Waals surface area (Å²) in [5.41, 5.74) is 11.8. The third-order valence-corrected chi connectivity index (χ3v) is 8.52. The lowest BCUT2D eigenvalue weighted by molar-refractivity contribution is -0.140. The zero-order valence-electron chi connectivity index (χ0n) is 23.9. The van der Waals surface area contributed by atoms with Gasteiger partial charge in [-0.2, -0.15) is 0 Å². The second-order valence-electron chi connectivity index (χ2n) is 10.7. The number of aliphatic imine (C=N–C) groups is 3. The molecule has 208 valence electrons. The molecular weight excluding hydrogens is 504 g/mol. The van der Waals surface area contributed by atoms with E-state index in [4.69, 9.17) is 19.7 Å². The Balaban J connectivity index is 1.73. The van der Waals surface area contributed by atoms with E-state index in [9.17, 15) is 15.0 Å². The summed E-state index contributed by atoms with van der Waals surface area (Å²) in [6, 6.07) is 0. The summed E-state index contributed by atoms with van der Waals surface area (Å²) in [6.45, 7) is 10.1. The molecule has 0 spiro atoms. The van der Waals surface area contributed by atoms with Crippen LogP contribution in [-0.2, 0) is 9.53 Å². The summed E-state index contributed by atoms with van der Waals surface area (Å²) in [5.74, 6) is -0.183. The van der Waals surface area contributed by atoms with E-state index >= 15 is 0 Å². The smallest absolute Gasteiger partial charge is 0.305 e. The molecule has 3 N–H and O–H groups in total. The van der Waals surface area contributed by atoms with Crippen molar-refractivity contribution < 1.29 is 19.7 Å². The van der Waals surface area contributed by atoms with Crippen LogP contribution in [0, 0.1) is 11.8 Å². The highest BCUT2D eigenvalue weighted by molar-refractivity contribution is 6.18. The fraction of sp³-hybridized carbons (Fsp3) is 0.375. The Morgan fingerprint density at radius 3 is 2.23 bits per heavy atom. The van der Waals surface area contributed by atoms with Crippen LogP contribution in [0.25, 0.3) is 0 Å². The highest BCUT2D eigenvalue weighted by atomic mass is 16.5. The van der Waals surface area contributed by atoms with Gasteiger partial charge in [-0.05, 0) is 80.2 Å². The number of carbonyl (C=O) groups is 1. The first-order valence-electron chi connectivity index (χ1n) is 13.7. The lowest BCUT2D eigenvalue weighted by atomic mass is 9.88. The van der Waals surface area contributed by atoms with Crippen LogP contribution in [0.5, 0.6) is 0 Å². The molecule has 0 aromatic rings. The van der Waals surface area contributed by atoms with Gasteiger partial charge in [0.05, 0.1) is 54.2 Å². The monoisotopic (exact) mass is 540 g/mol. The lowest BCUT2D eigenvalue weighted by Gasteiger charge is -2.15. The molecule has 0 amide bonds. The van der Waals surface area contributed by atoms with Crippen molar-refractivity contribution in [3.05, 3.63) is 92.5 Å². The number of rotatable bonds is 5. The summed E-state index contributed by atoms with van der Waals surface area (Å²) >= 11 is 0. The third kappa shape index (κ3) is 4.66. The van der Waals surface area contributed by atoms with E-state index in [2.05, 4.69) is 26.1 Å². The molecule has 0 aromatic heterocycles. The zero-order valence-corrected chi connectivity index (χ0v) is 23.9. The van der Waals surface area contributed by atoms with Gasteiger partial charge in [0.25, 0.3) is 0 Å². The number of carbonyl (C=O) groups excluding carboxylic acids is 1. The molecule has 0 aliphatic carbocycles. The van der Waals surface area contributed by atoms with Crippen molar-refractivity contribution in [3.8, 4) is 0 Å². The summed E-state index contributed by atoms with van der Waals surface area (Å²) in [7, 11) is 1.40. The van der Waals surface area contributed by atoms with Crippen molar-refractivity contribution in [2.24, 2.45) is 26.8 Å². The lowest BCUT2D eigenvalue weighted by Crippen LogP contribution is -2.13. The Morgan fingerprint density at radius 1 is 0.950 bits per heavy atom. The molecule has 5 aliphatic rings. The molecule has 1 fully saturated rings. The van der Waals surface area contributed by atoms with E-state index in [0.717, 1.165) is 74.7 Å². The summed E-state index contributed by atoms with van der Waals surface area (Å²) in [5, 5.41) is 24.0. The van der Waals surface area contributed by atoms with Crippen LogP contribution in [0.2, 0.25) is 0 Å². The molecule has 8 heteroatoms. The van der Waals surface area contributed by atoms with E-state index in [1.807, 2.05) is 38.2 Å². The van der Waals surface area contributed by atoms with Crippen LogP contribution in [-0.4, -0.2) is 47.0 Å². The zero-order chi connectivity index (χ0) is 28.7. The number of hydrogen-bond acceptors (Lipinski definition) is 8. The van der Waals surface area contributed by atoms with Gasteiger partial charge in [-0.1, -0.05) is 13.8 Å². The number of allylic oxidation sites excluding steroid dienone is 11. The number of nitrogens with zero attached hydrogens (tertiary/aromatic N) is 3. The number of nitrogens with one attached hydrogen (secondary N) is 1. The fourth-order valence-electron chi connectivity index (χ4n) is 5.94. The maximum Gasteiger partial charge on any atom is 0.305 e. The fourth-order valence-corrected chi connectivity index (χ4v) is 5.94. The molecule has 0 saturated carbocycles. The maximum absolute atomic E-state index is 12.0. The largest absolute Gasteiger partial charge is 0.515 e. The maximum atomic E-state index is 12.0. The normalized spacial score (nSPS) is 25.0. The van der Waals surface area contributed by atoms with Gasteiger partial charge in [0.15, 0.2) is 0 Å². The Kier molecular flexibility index (Phi) is 7.47. The Hall–Kier alpha value is -4.04. The minimum Gasteiger partial charge on any atom is -0.515 e. The molecule has 8 nitrogen and oxygen atoms in total. The van der Waals surface area contributed by atoms with E-state index in [1.54, 1.807) is 0 Å². The number of esters is 1. The standard InChI is InChI=1S/C32H36N4O4/c1-7-20-16(2)26-12-30-22(14-37)18(4)25(35-30)10-24-17(3)21(8-9-32(39)40-6)29(34-24)13-31-23(15-38)19(5)27(36-31)11-28(20)33-26/h10-14,17,21,34,37-38H,7-9,15H2,1-6H3/b22-14+,24-10?,26-12?,27-11?,29-13?/t17-,21-/m0/s1. The average molecular weight is 541 g/mol. The van der Waals surface area contributed by atoms with Gasteiger partial charge in [0, 0.05) is 40.8 Å². The molecule has 5 rings (SSSR count). The summed E-state index contributed by atoms with van der Waals surface area (Å²) < 4.78 is 4.92. The van der Waals surface area contributed by atoms with Crippen LogP contribution in [0.1, 0.15) is 53.9 Å². The number of fused-ring (bicyclic) bond motifs is 5. The number of aliphatic hydroxyl groups is 2. The quantitative estimate of drug-likeness (QED) is 0.316. The van der Waals surface area contributed by atoms with Gasteiger partial charge in [0.1, 0.15) is 0 Å². The van der Waals surface area contributed by atoms with Crippen molar-refractivity contribution in [1.82, 2.24) is 5.32 Å². The Bertz CT molecular complexity index is 1540. The van der Waals surface area contributed by atoms with Crippen LogP contribution >= 0.6 is 0 Å². The average Bonchev–Trinajstić information content (AvgIpc) is 3.60. The number of methoxy groups -OCH3 is 1. The summed E-state index contributed by atoms with van der Waals surface area (Å²) in [4.78, 5) is 26.9. The molecule has 0 unspecified atom stereocenters. The number of aliphatic hydroxyl groups excluding tert-OH is 2. The second-order valence-corrected chi connectivity index (χ2v) is 10.7. The van der Waals surface area contributed by atoms with Crippen molar-refractivity contribution in [2.75, 3.05) is 13.7 Å². The van der Waals surface area contributed by atoms with Gasteiger partial charge in [-0.3, -0.25) is 4.79 Å². The highest BCUT2D eigenvalue weighted by Gasteiger charge is 2.35. The molecule has 1 saturated heterocycles. The predicted octanol–water partition coefficient (Wildman–Crippen LogP) is 5.46. The molecule has 40 heavy (non-hydrogen) atoms. The molecule has 0 aromatic carbocycles. The molecule has 2 atom stereocenters. The Morgan fingerprint density at radius 2 is 1.60 bits per heavy atom. The third-order valence-electron chi connectivity index (χ3n) is 8.52. The van der Waals surface area contributed by atoms with Crippen molar-refractivity contribution in [2.45, 2.75) is 53.9 Å². The predicted molar refractivity (Wildman–Crippen MR) is 158 cm³/mol. The van der Waals surface area contributed by atoms with Crippen LogP contribution in [0.4, 0.5) is 0 Å². The van der Waals surface area contributed by atoms with Crippen molar-refractivity contribution >= 4 is 23.1 Å². The van der Waals surface area contributed by atoms with Crippen LogP contribution in [0.15, 0.2) is 107 Å². The van der Waals surface area contributed by atoms with Gasteiger partial charge in [-0.25, -0.2) is 15.0 Å². The van der Waals surface area contributed by atoms with E-state index in [-0.39, 0.29) is 30.8 Å². The summed E-state index contributed by atoms with van der Waals surface area (Å²) in [6.07, 6.45) is 10.7. The number of ether oxygens (including phenoxy) is 1. The van der Waals surface area contributed by atoms with E-state index in [0.29, 0.717) is 23.4 Å². The number of hydrogen-bond donors (Lipinski definition) is 3. The van der Waals surface area contributed by atoms with Crippen LogP contribution in [0.3, 0.4) is 0 Å². The topological polar surface area (TPSA) is 116 Å². The van der Waals surface area contributed by atoms with Gasteiger partial charge in [-0.15, -0.1) is 0 Å². The second kappa shape index (κ2) is 10.8. The van der Waals surface area contributed by atoms with Gasteiger partial charge < -0.3 is 20.3 Å². The molecule has 5 aliphatic heterocycles. The first-order chi connectivity index (χ1) is 19.2. The van der Waals surface area contributed by atoms with E-state index in [1.165, 1.54) is 7.11 Å². The van der Waals surface area contributed by atoms with Gasteiger partial charge >= 0.3 is 5.97 Å². The SMILES string of the molecule is CCC1=C(C)C2=CC3=NC(=C(C)/C3=C\O)C=C3NC(=CC4=NC(=CC1=N2)C(C)=C4CO)[C@@H](CCC(=O)OC)[C@@H]3C. The molecule has 0 radical (unpaired) electrons. The van der Waals surface area contributed by atoms with Gasteiger partial charge in [0.2, 0.25) is 0 Å². The van der Waals surface area contributed by atoms with E-state index < -0.39 is 0 Å². The molecular formula is C32H36N4O4. The molecule has 5 heterocycles. The minimum absolute atomic E-state index is 0.00964. The Labute approximate surface area is 235 Å².